The summed E-state index contributed by atoms with van der Waals surface area (Å²) >= 11 is 0. The van der Waals surface area contributed by atoms with Crippen molar-refractivity contribution >= 4 is 23.2 Å². The van der Waals surface area contributed by atoms with Crippen LogP contribution in [0.25, 0.3) is 0 Å². The van der Waals surface area contributed by atoms with Crippen molar-refractivity contribution in [3.8, 4) is 0 Å². The Morgan fingerprint density at radius 2 is 2.16 bits per heavy atom. The van der Waals surface area contributed by atoms with E-state index in [2.05, 4.69) is 10.6 Å². The van der Waals surface area contributed by atoms with Crippen LogP contribution in [-0.2, 0) is 9.59 Å². The summed E-state index contributed by atoms with van der Waals surface area (Å²) in [5.74, 6) is -0.0991. The average molecular weight is 259 g/mol. The predicted molar refractivity (Wildman–Crippen MR) is 73.0 cm³/mol. The van der Waals surface area contributed by atoms with E-state index in [0.29, 0.717) is 6.54 Å². The maximum atomic E-state index is 12.6. The molecule has 2 N–H and O–H groups in total. The van der Waals surface area contributed by atoms with Crippen LogP contribution in [0.1, 0.15) is 12.8 Å². The zero-order valence-electron chi connectivity index (χ0n) is 10.7. The lowest BCUT2D eigenvalue weighted by molar-refractivity contribution is -0.125. The van der Waals surface area contributed by atoms with Crippen LogP contribution in [0.3, 0.4) is 0 Å². The highest BCUT2D eigenvalue weighted by Crippen LogP contribution is 2.30. The van der Waals surface area contributed by atoms with Crippen LogP contribution in [0.5, 0.6) is 0 Å². The second-order valence-corrected chi connectivity index (χ2v) is 5.03. The summed E-state index contributed by atoms with van der Waals surface area (Å²) in [4.78, 5) is 25.9. The molecule has 3 rings (SSSR count). The fourth-order valence-electron chi connectivity index (χ4n) is 2.71. The minimum absolute atomic E-state index is 0.0206. The van der Waals surface area contributed by atoms with Crippen molar-refractivity contribution in [3.63, 3.8) is 0 Å². The summed E-state index contributed by atoms with van der Waals surface area (Å²) in [6.45, 7) is 1.80. The van der Waals surface area contributed by atoms with Gasteiger partial charge in [0, 0.05) is 6.54 Å². The molecule has 5 nitrogen and oxygen atoms in total. The number of piperidine rings is 1. The lowest BCUT2D eigenvalue weighted by Crippen LogP contribution is -2.48. The van der Waals surface area contributed by atoms with Gasteiger partial charge in [-0.3, -0.25) is 9.59 Å². The first-order valence-corrected chi connectivity index (χ1v) is 6.66. The van der Waals surface area contributed by atoms with Crippen molar-refractivity contribution in [3.05, 3.63) is 24.3 Å². The highest BCUT2D eigenvalue weighted by molar-refractivity contribution is 6.10. The molecule has 1 aromatic rings. The van der Waals surface area contributed by atoms with Gasteiger partial charge in [-0.25, -0.2) is 0 Å². The minimum Gasteiger partial charge on any atom is -0.323 e. The quantitative estimate of drug-likeness (QED) is 0.790. The van der Waals surface area contributed by atoms with E-state index in [1.807, 2.05) is 24.3 Å². The van der Waals surface area contributed by atoms with Gasteiger partial charge in [-0.2, -0.15) is 0 Å². The molecule has 0 radical (unpaired) electrons. The molecule has 100 valence electrons. The molecule has 1 atom stereocenters. The van der Waals surface area contributed by atoms with E-state index in [9.17, 15) is 9.59 Å². The molecule has 1 unspecified atom stereocenters. The molecule has 0 bridgehead atoms. The largest absolute Gasteiger partial charge is 0.323 e. The summed E-state index contributed by atoms with van der Waals surface area (Å²) in [5.41, 5.74) is 1.52. The van der Waals surface area contributed by atoms with Gasteiger partial charge in [0.25, 0.3) is 0 Å². The first kappa shape index (κ1) is 12.2. The Morgan fingerprint density at radius 3 is 2.95 bits per heavy atom. The molecule has 0 spiro atoms. The van der Waals surface area contributed by atoms with E-state index >= 15 is 0 Å². The Kier molecular flexibility index (Phi) is 3.21. The molecule has 5 heteroatoms. The molecule has 0 aliphatic carbocycles. The van der Waals surface area contributed by atoms with E-state index in [0.717, 1.165) is 30.8 Å². The number of carbonyl (C=O) groups excluding carboxylic acids is 2. The maximum absolute atomic E-state index is 12.6. The highest BCUT2D eigenvalue weighted by atomic mass is 16.2. The summed E-state index contributed by atoms with van der Waals surface area (Å²) in [6, 6.07) is 7.44. The topological polar surface area (TPSA) is 61.4 Å². The standard InChI is InChI=1S/C14H17N3O2/c18-13-9-17(12-6-2-1-5-11(12)16-13)14(19)10-4-3-7-15-8-10/h1-2,5-6,10,15H,3-4,7-9H2,(H,16,18). The molecule has 19 heavy (non-hydrogen) atoms. The number of carbonyl (C=O) groups is 2. The Balaban J connectivity index is 1.87. The number of hydrogen-bond acceptors (Lipinski definition) is 3. The second kappa shape index (κ2) is 5.01. The SMILES string of the molecule is O=C1CN(C(=O)C2CCCNC2)c2ccccc2N1. The summed E-state index contributed by atoms with van der Waals surface area (Å²) in [5, 5.41) is 6.04. The zero-order valence-corrected chi connectivity index (χ0v) is 10.7. The van der Waals surface area contributed by atoms with E-state index in [1.165, 1.54) is 0 Å². The number of amides is 2. The van der Waals surface area contributed by atoms with Crippen LogP contribution in [0, 0.1) is 5.92 Å². The van der Waals surface area contributed by atoms with Crippen molar-refractivity contribution in [1.82, 2.24) is 5.32 Å². The van der Waals surface area contributed by atoms with Crippen LogP contribution in [-0.4, -0.2) is 31.4 Å². The Labute approximate surface area is 112 Å². The van der Waals surface area contributed by atoms with Gasteiger partial charge in [-0.05, 0) is 31.5 Å². The van der Waals surface area contributed by atoms with Gasteiger partial charge in [-0.15, -0.1) is 0 Å². The minimum atomic E-state index is -0.129. The molecule has 2 aliphatic rings. The number of nitrogens with zero attached hydrogens (tertiary/aromatic N) is 1. The lowest BCUT2D eigenvalue weighted by atomic mass is 9.97. The van der Waals surface area contributed by atoms with Gasteiger partial charge in [0.1, 0.15) is 6.54 Å². The zero-order chi connectivity index (χ0) is 13.2. The fourth-order valence-corrected chi connectivity index (χ4v) is 2.71. The van der Waals surface area contributed by atoms with Crippen LogP contribution in [0.2, 0.25) is 0 Å². The van der Waals surface area contributed by atoms with E-state index in [4.69, 9.17) is 0 Å². The van der Waals surface area contributed by atoms with Gasteiger partial charge < -0.3 is 15.5 Å². The fraction of sp³-hybridized carbons (Fsp3) is 0.429. The van der Waals surface area contributed by atoms with Gasteiger partial charge in [0.15, 0.2) is 0 Å². The summed E-state index contributed by atoms with van der Waals surface area (Å²) in [7, 11) is 0. The number of hydrogen-bond donors (Lipinski definition) is 2. The summed E-state index contributed by atoms with van der Waals surface area (Å²) < 4.78 is 0. The van der Waals surface area contributed by atoms with Crippen molar-refractivity contribution in [1.29, 1.82) is 0 Å². The van der Waals surface area contributed by atoms with Crippen LogP contribution >= 0.6 is 0 Å². The number of benzene rings is 1. The lowest BCUT2D eigenvalue weighted by Gasteiger charge is -2.33. The summed E-state index contributed by atoms with van der Waals surface area (Å²) in [6.07, 6.45) is 1.91. The second-order valence-electron chi connectivity index (χ2n) is 5.03. The molecule has 0 aromatic heterocycles. The first-order chi connectivity index (χ1) is 9.25. The molecular formula is C14H17N3O2. The third-order valence-electron chi connectivity index (χ3n) is 3.68. The molecule has 1 aromatic carbocycles. The number of para-hydroxylation sites is 2. The predicted octanol–water partition coefficient (Wildman–Crippen LogP) is 0.971. The molecule has 1 fully saturated rings. The van der Waals surface area contributed by atoms with Gasteiger partial charge in [-0.1, -0.05) is 12.1 Å². The smallest absolute Gasteiger partial charge is 0.244 e. The number of fused-ring (bicyclic) bond motifs is 1. The number of anilines is 2. The third kappa shape index (κ3) is 2.33. The molecule has 1 saturated heterocycles. The highest BCUT2D eigenvalue weighted by Gasteiger charge is 2.31. The van der Waals surface area contributed by atoms with E-state index in [1.54, 1.807) is 4.90 Å². The van der Waals surface area contributed by atoms with Crippen molar-refractivity contribution in [2.45, 2.75) is 12.8 Å². The monoisotopic (exact) mass is 259 g/mol. The third-order valence-corrected chi connectivity index (χ3v) is 3.68. The molecule has 2 amide bonds. The number of rotatable bonds is 1. The molecule has 2 aliphatic heterocycles. The Bertz CT molecular complexity index is 509. The van der Waals surface area contributed by atoms with Crippen molar-refractivity contribution < 1.29 is 9.59 Å². The van der Waals surface area contributed by atoms with Crippen LogP contribution in [0.15, 0.2) is 24.3 Å². The van der Waals surface area contributed by atoms with Crippen LogP contribution in [0.4, 0.5) is 11.4 Å². The Morgan fingerprint density at radius 1 is 1.32 bits per heavy atom. The normalized spacial score (nSPS) is 22.6. The van der Waals surface area contributed by atoms with E-state index in [-0.39, 0.29) is 24.3 Å². The van der Waals surface area contributed by atoms with Crippen molar-refractivity contribution in [2.75, 3.05) is 29.9 Å². The first-order valence-electron chi connectivity index (χ1n) is 6.66. The average Bonchev–Trinajstić information content (AvgIpc) is 2.46. The Hall–Kier alpha value is -1.88. The molecular weight excluding hydrogens is 242 g/mol. The number of nitrogens with one attached hydrogen (secondary N) is 2. The molecule has 2 heterocycles. The van der Waals surface area contributed by atoms with Gasteiger partial charge in [0.05, 0.1) is 17.3 Å². The van der Waals surface area contributed by atoms with E-state index < -0.39 is 0 Å². The van der Waals surface area contributed by atoms with Gasteiger partial charge in [0.2, 0.25) is 11.8 Å². The molecule has 0 saturated carbocycles. The van der Waals surface area contributed by atoms with Crippen LogP contribution < -0.4 is 15.5 Å². The van der Waals surface area contributed by atoms with Crippen molar-refractivity contribution in [2.24, 2.45) is 5.92 Å². The van der Waals surface area contributed by atoms with Gasteiger partial charge >= 0.3 is 0 Å². The maximum Gasteiger partial charge on any atom is 0.244 e.